The van der Waals surface area contributed by atoms with E-state index in [9.17, 15) is 4.79 Å². The number of nitrogens with one attached hydrogen (secondary N) is 1. The molecule has 1 aromatic rings. The fourth-order valence-electron chi connectivity index (χ4n) is 4.64. The molecular formula is C22H33NO2. The van der Waals surface area contributed by atoms with Gasteiger partial charge in [-0.25, -0.2) is 4.79 Å². The molecule has 1 saturated carbocycles. The lowest BCUT2D eigenvalue weighted by molar-refractivity contribution is 0.0600. The van der Waals surface area contributed by atoms with Gasteiger partial charge in [0.25, 0.3) is 0 Å². The van der Waals surface area contributed by atoms with E-state index < -0.39 is 0 Å². The lowest BCUT2D eigenvalue weighted by atomic mass is 9.71. The van der Waals surface area contributed by atoms with Crippen molar-refractivity contribution in [2.75, 3.05) is 7.11 Å². The van der Waals surface area contributed by atoms with Crippen molar-refractivity contribution in [2.45, 2.75) is 77.8 Å². The number of ether oxygens (including phenoxy) is 1. The van der Waals surface area contributed by atoms with Crippen LogP contribution >= 0.6 is 0 Å². The van der Waals surface area contributed by atoms with Crippen LogP contribution in [0.15, 0.2) is 18.2 Å². The molecule has 1 atom stereocenters. The third-order valence-corrected chi connectivity index (χ3v) is 6.27. The molecule has 3 nitrogen and oxygen atoms in total. The number of methoxy groups -OCH3 is 1. The summed E-state index contributed by atoms with van der Waals surface area (Å²) in [4.78, 5) is 11.8. The molecule has 0 saturated heterocycles. The van der Waals surface area contributed by atoms with E-state index >= 15 is 0 Å². The normalized spacial score (nSPS) is 26.8. The highest BCUT2D eigenvalue weighted by Gasteiger charge is 2.31. The van der Waals surface area contributed by atoms with E-state index in [2.05, 4.69) is 32.2 Å². The van der Waals surface area contributed by atoms with Crippen molar-refractivity contribution in [1.82, 2.24) is 5.32 Å². The summed E-state index contributed by atoms with van der Waals surface area (Å²) in [6.07, 6.45) is 8.69. The van der Waals surface area contributed by atoms with Crippen LogP contribution in [-0.4, -0.2) is 19.1 Å². The van der Waals surface area contributed by atoms with Crippen molar-refractivity contribution in [3.05, 3.63) is 34.9 Å². The fraction of sp³-hybridized carbons (Fsp3) is 0.682. The molecule has 0 bridgehead atoms. The Hall–Kier alpha value is -1.35. The Labute approximate surface area is 152 Å². The highest BCUT2D eigenvalue weighted by atomic mass is 16.5. The van der Waals surface area contributed by atoms with Gasteiger partial charge in [0, 0.05) is 12.1 Å². The third kappa shape index (κ3) is 4.25. The van der Waals surface area contributed by atoms with Crippen LogP contribution in [0.5, 0.6) is 0 Å². The van der Waals surface area contributed by atoms with E-state index in [0.717, 1.165) is 12.3 Å². The fourth-order valence-corrected chi connectivity index (χ4v) is 4.64. The second-order valence-electron chi connectivity index (χ2n) is 8.93. The number of fused-ring (bicyclic) bond motifs is 1. The Morgan fingerprint density at radius 3 is 2.48 bits per heavy atom. The predicted octanol–water partition coefficient (Wildman–Crippen LogP) is 5.05. The Kier molecular flexibility index (Phi) is 5.52. The van der Waals surface area contributed by atoms with Gasteiger partial charge in [0.1, 0.15) is 0 Å². The van der Waals surface area contributed by atoms with Crippen molar-refractivity contribution in [3.8, 4) is 0 Å². The van der Waals surface area contributed by atoms with Crippen LogP contribution < -0.4 is 5.32 Å². The largest absolute Gasteiger partial charge is 0.465 e. The monoisotopic (exact) mass is 343 g/mol. The van der Waals surface area contributed by atoms with Crippen LogP contribution in [0.3, 0.4) is 0 Å². The molecule has 1 aromatic carbocycles. The molecule has 1 unspecified atom stereocenters. The Balaban J connectivity index is 1.65. The molecular weight excluding hydrogens is 310 g/mol. The summed E-state index contributed by atoms with van der Waals surface area (Å²) >= 11 is 0. The zero-order valence-corrected chi connectivity index (χ0v) is 16.2. The van der Waals surface area contributed by atoms with Crippen molar-refractivity contribution >= 4 is 5.97 Å². The molecule has 0 aliphatic heterocycles. The molecule has 0 heterocycles. The minimum absolute atomic E-state index is 0.238. The minimum atomic E-state index is -0.238. The van der Waals surface area contributed by atoms with Crippen LogP contribution in [0.25, 0.3) is 0 Å². The van der Waals surface area contributed by atoms with E-state index in [1.165, 1.54) is 56.8 Å². The predicted molar refractivity (Wildman–Crippen MR) is 102 cm³/mol. The highest BCUT2D eigenvalue weighted by Crippen LogP contribution is 2.39. The first-order valence-electron chi connectivity index (χ1n) is 9.85. The Morgan fingerprint density at radius 2 is 1.84 bits per heavy atom. The summed E-state index contributed by atoms with van der Waals surface area (Å²) in [7, 11) is 1.44. The van der Waals surface area contributed by atoms with Crippen molar-refractivity contribution in [1.29, 1.82) is 0 Å². The summed E-state index contributed by atoms with van der Waals surface area (Å²) in [6.45, 7) is 7.13. The van der Waals surface area contributed by atoms with Crippen LogP contribution in [0, 0.1) is 11.3 Å². The molecule has 25 heavy (non-hydrogen) atoms. The molecule has 0 radical (unpaired) electrons. The Bertz CT molecular complexity index is 609. The van der Waals surface area contributed by atoms with Gasteiger partial charge in [-0.05, 0) is 79.5 Å². The number of esters is 1. The average molecular weight is 344 g/mol. The summed E-state index contributed by atoms with van der Waals surface area (Å²) in [5.74, 6) is 0.616. The molecule has 0 aromatic heterocycles. The van der Waals surface area contributed by atoms with Crippen molar-refractivity contribution in [3.63, 3.8) is 0 Å². The zero-order valence-electron chi connectivity index (χ0n) is 16.2. The standard InChI is InChI=1S/C22H33NO2/c1-22(2,3)17-9-11-18(12-10-17)23-20-7-5-6-15-14-16(21(24)25-4)8-13-19(15)20/h8,13-14,17-18,20,23H,5-7,9-12H2,1-4H3. The molecule has 1 N–H and O–H groups in total. The SMILES string of the molecule is COC(=O)c1ccc2c(c1)CCCC2NC1CCC(C(C)(C)C)CC1. The van der Waals surface area contributed by atoms with Gasteiger partial charge in [-0.1, -0.05) is 26.8 Å². The van der Waals surface area contributed by atoms with Gasteiger partial charge in [-0.15, -0.1) is 0 Å². The molecule has 2 aliphatic rings. The summed E-state index contributed by atoms with van der Waals surface area (Å²) in [6, 6.07) is 7.16. The van der Waals surface area contributed by atoms with Gasteiger partial charge in [-0.2, -0.15) is 0 Å². The van der Waals surface area contributed by atoms with Gasteiger partial charge >= 0.3 is 5.97 Å². The number of carbonyl (C=O) groups excluding carboxylic acids is 1. The van der Waals surface area contributed by atoms with E-state index in [1.54, 1.807) is 0 Å². The van der Waals surface area contributed by atoms with Crippen LogP contribution in [0.2, 0.25) is 0 Å². The topological polar surface area (TPSA) is 38.3 Å². The zero-order chi connectivity index (χ0) is 18.0. The highest BCUT2D eigenvalue weighted by molar-refractivity contribution is 5.89. The van der Waals surface area contributed by atoms with E-state index in [1.807, 2.05) is 12.1 Å². The van der Waals surface area contributed by atoms with Crippen molar-refractivity contribution in [2.24, 2.45) is 11.3 Å². The number of benzene rings is 1. The van der Waals surface area contributed by atoms with E-state index in [-0.39, 0.29) is 5.97 Å². The maximum atomic E-state index is 11.8. The Morgan fingerprint density at radius 1 is 1.12 bits per heavy atom. The first-order valence-corrected chi connectivity index (χ1v) is 9.85. The average Bonchev–Trinajstić information content (AvgIpc) is 2.60. The molecule has 3 rings (SSSR count). The van der Waals surface area contributed by atoms with Gasteiger partial charge < -0.3 is 10.1 Å². The van der Waals surface area contributed by atoms with E-state index in [4.69, 9.17) is 4.74 Å². The summed E-state index contributed by atoms with van der Waals surface area (Å²) in [5.41, 5.74) is 3.81. The number of hydrogen-bond donors (Lipinski definition) is 1. The lowest BCUT2D eigenvalue weighted by Gasteiger charge is -2.39. The number of carbonyl (C=O) groups is 1. The van der Waals surface area contributed by atoms with Gasteiger partial charge in [-0.3, -0.25) is 0 Å². The van der Waals surface area contributed by atoms with Crippen molar-refractivity contribution < 1.29 is 9.53 Å². The number of rotatable bonds is 3. The van der Waals surface area contributed by atoms with Gasteiger partial charge in [0.05, 0.1) is 12.7 Å². The van der Waals surface area contributed by atoms with Crippen LogP contribution in [-0.2, 0) is 11.2 Å². The van der Waals surface area contributed by atoms with Gasteiger partial charge in [0.2, 0.25) is 0 Å². The molecule has 0 amide bonds. The molecule has 138 valence electrons. The maximum absolute atomic E-state index is 11.8. The second kappa shape index (κ2) is 7.49. The summed E-state index contributed by atoms with van der Waals surface area (Å²) in [5, 5.41) is 3.93. The lowest BCUT2D eigenvalue weighted by Crippen LogP contribution is -2.39. The molecule has 1 fully saturated rings. The molecule has 3 heteroatoms. The third-order valence-electron chi connectivity index (χ3n) is 6.27. The maximum Gasteiger partial charge on any atom is 0.337 e. The van der Waals surface area contributed by atoms with Crippen LogP contribution in [0.1, 0.15) is 86.8 Å². The van der Waals surface area contributed by atoms with E-state index in [0.29, 0.717) is 23.1 Å². The molecule has 0 spiro atoms. The first kappa shape index (κ1) is 18.4. The van der Waals surface area contributed by atoms with Crippen LogP contribution in [0.4, 0.5) is 0 Å². The molecule has 2 aliphatic carbocycles. The number of hydrogen-bond acceptors (Lipinski definition) is 3. The number of aryl methyl sites for hydroxylation is 1. The summed E-state index contributed by atoms with van der Waals surface area (Å²) < 4.78 is 4.86. The minimum Gasteiger partial charge on any atom is -0.465 e. The quantitative estimate of drug-likeness (QED) is 0.781. The van der Waals surface area contributed by atoms with Gasteiger partial charge in [0.15, 0.2) is 0 Å². The smallest absolute Gasteiger partial charge is 0.337 e. The first-order chi connectivity index (χ1) is 11.9. The second-order valence-corrected chi connectivity index (χ2v) is 8.93.